The Hall–Kier alpha value is -9.50. The summed E-state index contributed by atoms with van der Waals surface area (Å²) in [5.74, 6) is 0.703. The van der Waals surface area contributed by atoms with Gasteiger partial charge in [0.2, 0.25) is 0 Å². The first kappa shape index (κ1) is 44.2. The van der Waals surface area contributed by atoms with Gasteiger partial charge in [-0.1, -0.05) is 219 Å². The minimum Gasteiger partial charge on any atom is -0.310 e. The number of aromatic nitrogens is 1. The zero-order valence-electron chi connectivity index (χ0n) is 41.7. The largest absolute Gasteiger partial charge is 0.310 e. The molecule has 1 aliphatic carbocycles. The number of benzene rings is 12. The molecule has 2 heteroatoms. The van der Waals surface area contributed by atoms with Crippen molar-refractivity contribution < 1.29 is 0 Å². The van der Waals surface area contributed by atoms with Crippen molar-refractivity contribution in [1.29, 1.82) is 0 Å². The highest BCUT2D eigenvalue weighted by Gasteiger charge is 2.23. The topological polar surface area (TPSA) is 8.17 Å². The van der Waals surface area contributed by atoms with E-state index in [0.29, 0.717) is 11.8 Å². The molecule has 1 aliphatic rings. The van der Waals surface area contributed by atoms with Gasteiger partial charge in [-0.15, -0.1) is 0 Å². The van der Waals surface area contributed by atoms with Crippen LogP contribution in [0.15, 0.2) is 285 Å². The van der Waals surface area contributed by atoms with Crippen LogP contribution in [0.4, 0.5) is 17.1 Å². The quantitative estimate of drug-likeness (QED) is 0.131. The molecule has 13 aromatic rings. The van der Waals surface area contributed by atoms with E-state index in [9.17, 15) is 0 Å². The fourth-order valence-corrected chi connectivity index (χ4v) is 12.0. The fourth-order valence-electron chi connectivity index (χ4n) is 12.0. The third-order valence-electron chi connectivity index (χ3n) is 15.6. The molecule has 12 aromatic carbocycles. The summed E-state index contributed by atoms with van der Waals surface area (Å²) in [5.41, 5.74) is 17.8. The van der Waals surface area contributed by atoms with E-state index in [4.69, 9.17) is 0 Å². The Labute approximate surface area is 438 Å². The second kappa shape index (κ2) is 18.5. The SMILES string of the molecule is CC1C=CC=CC1c1cc(-c2ccccc2)cc(-c2ccc(N(c3ccc(-c4cc5ccccc5c5ccccc45)cc3)c3cccc(-c4cc5ccccc5c5c4c4ccccc4n5-c4ccccc4)c3)cc2)c1. The van der Waals surface area contributed by atoms with E-state index in [1.807, 2.05) is 0 Å². The van der Waals surface area contributed by atoms with Gasteiger partial charge in [-0.05, 0) is 156 Å². The van der Waals surface area contributed by atoms with E-state index >= 15 is 0 Å². The van der Waals surface area contributed by atoms with Gasteiger partial charge in [0, 0.05) is 44.8 Å². The van der Waals surface area contributed by atoms with Gasteiger partial charge in [-0.25, -0.2) is 0 Å². The van der Waals surface area contributed by atoms with Gasteiger partial charge >= 0.3 is 0 Å². The molecule has 0 fully saturated rings. The highest BCUT2D eigenvalue weighted by atomic mass is 15.1. The molecular weight excluding hydrogens is 905 g/mol. The highest BCUT2D eigenvalue weighted by molar-refractivity contribution is 6.24. The Morgan fingerprint density at radius 3 is 1.61 bits per heavy atom. The van der Waals surface area contributed by atoms with Crippen LogP contribution in [0, 0.1) is 5.92 Å². The summed E-state index contributed by atoms with van der Waals surface area (Å²) in [5, 5.41) is 9.96. The molecule has 0 amide bonds. The molecule has 0 saturated heterocycles. The van der Waals surface area contributed by atoms with E-state index in [2.05, 4.69) is 302 Å². The molecule has 0 spiro atoms. The van der Waals surface area contributed by atoms with Gasteiger partial charge in [0.15, 0.2) is 0 Å². The van der Waals surface area contributed by atoms with Crippen LogP contribution < -0.4 is 4.90 Å². The van der Waals surface area contributed by atoms with E-state index < -0.39 is 0 Å². The van der Waals surface area contributed by atoms with Crippen molar-refractivity contribution in [3.63, 3.8) is 0 Å². The Balaban J connectivity index is 0.936. The zero-order chi connectivity index (χ0) is 49.8. The summed E-state index contributed by atoms with van der Waals surface area (Å²) in [6.07, 6.45) is 9.04. The minimum absolute atomic E-state index is 0.300. The van der Waals surface area contributed by atoms with Gasteiger partial charge < -0.3 is 9.47 Å². The van der Waals surface area contributed by atoms with Crippen LogP contribution in [0.25, 0.3) is 104 Å². The summed E-state index contributed by atoms with van der Waals surface area (Å²) in [6.45, 7) is 2.32. The summed E-state index contributed by atoms with van der Waals surface area (Å²) < 4.78 is 2.45. The number of nitrogens with zero attached hydrogens (tertiary/aromatic N) is 2. The van der Waals surface area contributed by atoms with Crippen molar-refractivity contribution in [1.82, 2.24) is 4.57 Å². The number of hydrogen-bond donors (Lipinski definition) is 0. The molecule has 0 saturated carbocycles. The maximum absolute atomic E-state index is 2.45. The lowest BCUT2D eigenvalue weighted by atomic mass is 9.82. The third-order valence-corrected chi connectivity index (χ3v) is 15.6. The molecule has 1 heterocycles. The van der Waals surface area contributed by atoms with Gasteiger partial charge in [-0.2, -0.15) is 0 Å². The summed E-state index contributed by atoms with van der Waals surface area (Å²) >= 11 is 0. The minimum atomic E-state index is 0.300. The van der Waals surface area contributed by atoms with Crippen molar-refractivity contribution in [3.05, 3.63) is 291 Å². The lowest BCUT2D eigenvalue weighted by molar-refractivity contribution is 0.635. The summed E-state index contributed by atoms with van der Waals surface area (Å²) in [4.78, 5) is 2.42. The smallest absolute Gasteiger partial charge is 0.0625 e. The molecule has 354 valence electrons. The van der Waals surface area contributed by atoms with Gasteiger partial charge in [-0.3, -0.25) is 0 Å². The molecule has 0 aliphatic heterocycles. The van der Waals surface area contributed by atoms with E-state index in [0.717, 1.165) is 28.3 Å². The lowest BCUT2D eigenvalue weighted by Crippen LogP contribution is -2.10. The number of hydrogen-bond acceptors (Lipinski definition) is 1. The third kappa shape index (κ3) is 7.82. The first-order valence-corrected chi connectivity index (χ1v) is 26.2. The van der Waals surface area contributed by atoms with Gasteiger partial charge in [0.25, 0.3) is 0 Å². The Bertz CT molecular complexity index is 4350. The van der Waals surface area contributed by atoms with Crippen molar-refractivity contribution in [2.75, 3.05) is 4.90 Å². The monoisotopic (exact) mass is 956 g/mol. The predicted molar refractivity (Wildman–Crippen MR) is 320 cm³/mol. The summed E-state index contributed by atoms with van der Waals surface area (Å²) in [6, 6.07) is 96.3. The number of rotatable bonds is 9. The number of fused-ring (bicyclic) bond motifs is 8. The average Bonchev–Trinajstić information content (AvgIpc) is 3.92. The van der Waals surface area contributed by atoms with E-state index in [1.165, 1.54) is 98.6 Å². The van der Waals surface area contributed by atoms with Crippen LogP contribution in [0.2, 0.25) is 0 Å². The van der Waals surface area contributed by atoms with Crippen LogP contribution in [0.1, 0.15) is 18.4 Å². The molecule has 1 aromatic heterocycles. The Morgan fingerprint density at radius 2 is 0.893 bits per heavy atom. The number of allylic oxidation sites excluding steroid dienone is 4. The fraction of sp³-hybridized carbons (Fsp3) is 0.0411. The molecule has 0 N–H and O–H groups in total. The molecule has 0 radical (unpaired) electrons. The molecule has 2 atom stereocenters. The molecule has 2 unspecified atom stereocenters. The van der Waals surface area contributed by atoms with Crippen molar-refractivity contribution in [2.24, 2.45) is 5.92 Å². The number of para-hydroxylation sites is 2. The van der Waals surface area contributed by atoms with E-state index in [1.54, 1.807) is 0 Å². The molecule has 2 nitrogen and oxygen atoms in total. The normalized spacial score (nSPS) is 14.4. The molecule has 0 bridgehead atoms. The van der Waals surface area contributed by atoms with Crippen LogP contribution in [-0.2, 0) is 0 Å². The van der Waals surface area contributed by atoms with Crippen molar-refractivity contribution in [3.8, 4) is 50.2 Å². The number of anilines is 3. The Kier molecular flexibility index (Phi) is 10.9. The zero-order valence-corrected chi connectivity index (χ0v) is 41.7. The molecular formula is C73H52N2. The second-order valence-corrected chi connectivity index (χ2v) is 20.1. The predicted octanol–water partition coefficient (Wildman–Crippen LogP) is 20.2. The standard InChI is InChI=1S/C73H52N2/c1-49-19-8-11-28-63(49)58-44-56(50-20-4-2-5-21-50)43-57(45-58)51-35-39-60(40-36-51)74(61-41-37-52(38-42-61)69-47-54-22-9-12-29-64(54)66-31-14-15-32-67(66)69)62-27-18-24-53(46-62)70-48-55-23-10-13-30-65(55)73-72(70)68-33-16-17-34-71(68)75(73)59-25-6-3-7-26-59/h2-49,63H,1H3. The Morgan fingerprint density at radius 1 is 0.347 bits per heavy atom. The molecule has 75 heavy (non-hydrogen) atoms. The van der Waals surface area contributed by atoms with Gasteiger partial charge in [0.05, 0.1) is 11.0 Å². The second-order valence-electron chi connectivity index (χ2n) is 20.1. The first-order chi connectivity index (χ1) is 37.1. The van der Waals surface area contributed by atoms with E-state index in [-0.39, 0.29) is 0 Å². The first-order valence-electron chi connectivity index (χ1n) is 26.2. The van der Waals surface area contributed by atoms with Crippen LogP contribution >= 0.6 is 0 Å². The summed E-state index contributed by atoms with van der Waals surface area (Å²) in [7, 11) is 0. The van der Waals surface area contributed by atoms with Crippen LogP contribution in [-0.4, -0.2) is 4.57 Å². The highest BCUT2D eigenvalue weighted by Crippen LogP contribution is 2.46. The van der Waals surface area contributed by atoms with Crippen molar-refractivity contribution >= 4 is 71.2 Å². The van der Waals surface area contributed by atoms with Gasteiger partial charge in [0.1, 0.15) is 0 Å². The lowest BCUT2D eigenvalue weighted by Gasteiger charge is -2.27. The van der Waals surface area contributed by atoms with Crippen LogP contribution in [0.3, 0.4) is 0 Å². The average molecular weight is 957 g/mol. The van der Waals surface area contributed by atoms with Crippen molar-refractivity contribution in [2.45, 2.75) is 12.8 Å². The maximum Gasteiger partial charge on any atom is 0.0625 e. The maximum atomic E-state index is 2.45. The molecule has 14 rings (SSSR count). The van der Waals surface area contributed by atoms with Crippen LogP contribution in [0.5, 0.6) is 0 Å².